The predicted molar refractivity (Wildman–Crippen MR) is 41.6 cm³/mol. The van der Waals surface area contributed by atoms with Crippen molar-refractivity contribution in [1.29, 1.82) is 5.26 Å². The first-order valence-electron chi connectivity index (χ1n) is 2.40. The average Bonchev–Trinajstić information content (AvgIpc) is 2.05. The molecule has 1 aromatic rings. The minimum Gasteiger partial charge on any atom is -0.244 e. The highest BCUT2D eigenvalue weighted by atomic mass is 33.1. The molecule has 0 aliphatic carbocycles. The lowest BCUT2D eigenvalue weighted by atomic mass is 10.5. The third kappa shape index (κ3) is 1.62. The molecule has 3 nitrogen and oxygen atoms in total. The molecule has 1 heterocycles. The lowest BCUT2D eigenvalue weighted by Gasteiger charge is -1.89. The maximum absolute atomic E-state index is 8.32. The van der Waals surface area contributed by atoms with Crippen molar-refractivity contribution in [3.8, 4) is 6.07 Å². The summed E-state index contributed by atoms with van der Waals surface area (Å²) in [5, 5.41) is 9.02. The molecule has 0 amide bonds. The normalized spacial score (nSPS) is 8.80. The number of hydrogen-bond acceptors (Lipinski definition) is 5. The molecule has 0 spiro atoms. The topological polar surface area (TPSA) is 49.6 Å². The van der Waals surface area contributed by atoms with Gasteiger partial charge in [0.1, 0.15) is 11.1 Å². The molecule has 10 heavy (non-hydrogen) atoms. The first-order valence-corrected chi connectivity index (χ1v) is 4.27. The van der Waals surface area contributed by atoms with Crippen molar-refractivity contribution in [2.24, 2.45) is 0 Å². The molecule has 0 bridgehead atoms. The van der Waals surface area contributed by atoms with Gasteiger partial charge in [0.2, 0.25) is 0 Å². The zero-order valence-corrected chi connectivity index (χ0v) is 6.56. The lowest BCUT2D eigenvalue weighted by molar-refractivity contribution is 1.04. The summed E-state index contributed by atoms with van der Waals surface area (Å²) in [4.78, 5) is 7.64. The second-order valence-electron chi connectivity index (χ2n) is 1.44. The van der Waals surface area contributed by atoms with E-state index in [4.69, 9.17) is 5.26 Å². The molecular weight excluding hydrogens is 166 g/mol. The van der Waals surface area contributed by atoms with E-state index >= 15 is 0 Å². The van der Waals surface area contributed by atoms with Crippen LogP contribution in [0, 0.1) is 11.3 Å². The van der Waals surface area contributed by atoms with Gasteiger partial charge in [-0.3, -0.25) is 0 Å². The zero-order valence-electron chi connectivity index (χ0n) is 4.85. The van der Waals surface area contributed by atoms with Crippen LogP contribution in [0.25, 0.3) is 0 Å². The van der Waals surface area contributed by atoms with E-state index in [-0.39, 0.29) is 0 Å². The maximum Gasteiger partial charge on any atom is 0.158 e. The molecule has 0 saturated carbocycles. The number of aromatic nitrogens is 2. The van der Waals surface area contributed by atoms with E-state index < -0.39 is 0 Å². The fourth-order valence-corrected chi connectivity index (χ4v) is 0.904. The van der Waals surface area contributed by atoms with Gasteiger partial charge in [-0.15, -0.1) is 11.7 Å². The molecule has 0 aromatic carbocycles. The fourth-order valence-electron chi connectivity index (χ4n) is 0.421. The average molecular weight is 169 g/mol. The Labute approximate surface area is 67.3 Å². The molecular formula is C5H3N3S2. The van der Waals surface area contributed by atoms with Crippen LogP contribution in [0.5, 0.6) is 0 Å². The highest BCUT2D eigenvalue weighted by molar-refractivity contribution is 8.68. The van der Waals surface area contributed by atoms with Gasteiger partial charge in [0.05, 0.1) is 12.4 Å². The summed E-state index contributed by atoms with van der Waals surface area (Å²) >= 11 is 3.90. The van der Waals surface area contributed by atoms with Crippen LogP contribution < -0.4 is 0 Å². The minimum absolute atomic E-state index is 0.325. The van der Waals surface area contributed by atoms with Crippen LogP contribution in [0.3, 0.4) is 0 Å². The molecule has 0 atom stereocenters. The number of thiol groups is 1. The van der Waals surface area contributed by atoms with Crippen LogP contribution in [0.2, 0.25) is 0 Å². The van der Waals surface area contributed by atoms with Gasteiger partial charge in [-0.05, 0) is 10.8 Å². The maximum atomic E-state index is 8.32. The van der Waals surface area contributed by atoms with Gasteiger partial charge in [0.15, 0.2) is 5.69 Å². The smallest absolute Gasteiger partial charge is 0.158 e. The largest absolute Gasteiger partial charge is 0.244 e. The van der Waals surface area contributed by atoms with Crippen molar-refractivity contribution < 1.29 is 0 Å². The van der Waals surface area contributed by atoms with E-state index in [0.29, 0.717) is 10.7 Å². The van der Waals surface area contributed by atoms with Crippen LogP contribution >= 0.6 is 22.5 Å². The van der Waals surface area contributed by atoms with Crippen LogP contribution in [-0.2, 0) is 0 Å². The third-order valence-corrected chi connectivity index (χ3v) is 1.80. The second-order valence-corrected chi connectivity index (χ2v) is 2.59. The van der Waals surface area contributed by atoms with Gasteiger partial charge in [-0.2, -0.15) is 5.26 Å². The van der Waals surface area contributed by atoms with Gasteiger partial charge >= 0.3 is 0 Å². The Kier molecular flexibility index (Phi) is 2.54. The van der Waals surface area contributed by atoms with Gasteiger partial charge < -0.3 is 0 Å². The standard InChI is InChI=1S/C5H3N3S2/c6-1-4-2-8-5(10-9)3-7-4/h2-3,9H. The predicted octanol–water partition coefficient (Wildman–Crippen LogP) is 1.29. The van der Waals surface area contributed by atoms with E-state index in [2.05, 4.69) is 21.6 Å². The van der Waals surface area contributed by atoms with E-state index in [0.717, 1.165) is 0 Å². The van der Waals surface area contributed by atoms with Crippen molar-refractivity contribution in [3.05, 3.63) is 18.1 Å². The number of nitrogens with zero attached hydrogens (tertiary/aromatic N) is 3. The Balaban J connectivity index is 2.93. The lowest BCUT2D eigenvalue weighted by Crippen LogP contribution is -1.84. The Morgan fingerprint density at radius 2 is 2.30 bits per heavy atom. The second kappa shape index (κ2) is 3.44. The summed E-state index contributed by atoms with van der Waals surface area (Å²) in [6.07, 6.45) is 2.93. The molecule has 5 heteroatoms. The van der Waals surface area contributed by atoms with Crippen molar-refractivity contribution >= 4 is 22.5 Å². The molecule has 50 valence electrons. The van der Waals surface area contributed by atoms with Gasteiger partial charge in [-0.25, -0.2) is 9.97 Å². The number of rotatable bonds is 1. The number of hydrogen-bond donors (Lipinski definition) is 1. The summed E-state index contributed by atoms with van der Waals surface area (Å²) in [5.74, 6) is 0. The quantitative estimate of drug-likeness (QED) is 0.508. The molecule has 0 aliphatic heterocycles. The molecule has 1 aromatic heterocycles. The molecule has 1 rings (SSSR count). The molecule has 0 saturated heterocycles. The van der Waals surface area contributed by atoms with E-state index in [1.165, 1.54) is 23.2 Å². The SMILES string of the molecule is N#Cc1cnc(SS)cn1. The highest BCUT2D eigenvalue weighted by Gasteiger charge is 1.92. The Bertz CT molecular complexity index is 251. The van der Waals surface area contributed by atoms with Crippen LogP contribution in [0.15, 0.2) is 17.4 Å². The van der Waals surface area contributed by atoms with E-state index in [9.17, 15) is 0 Å². The summed E-state index contributed by atoms with van der Waals surface area (Å²) in [7, 11) is 1.20. The third-order valence-electron chi connectivity index (χ3n) is 0.836. The first kappa shape index (κ1) is 7.38. The molecule has 0 radical (unpaired) electrons. The van der Waals surface area contributed by atoms with Gasteiger partial charge in [-0.1, -0.05) is 0 Å². The van der Waals surface area contributed by atoms with Crippen LogP contribution in [-0.4, -0.2) is 9.97 Å². The van der Waals surface area contributed by atoms with Crippen molar-refractivity contribution in [2.45, 2.75) is 5.03 Å². The van der Waals surface area contributed by atoms with Crippen molar-refractivity contribution in [3.63, 3.8) is 0 Å². The highest BCUT2D eigenvalue weighted by Crippen LogP contribution is 2.16. The molecule has 0 fully saturated rings. The van der Waals surface area contributed by atoms with Gasteiger partial charge in [0.25, 0.3) is 0 Å². The fraction of sp³-hybridized carbons (Fsp3) is 0. The van der Waals surface area contributed by atoms with E-state index in [1.807, 2.05) is 6.07 Å². The summed E-state index contributed by atoms with van der Waals surface area (Å²) < 4.78 is 0. The summed E-state index contributed by atoms with van der Waals surface area (Å²) in [5.41, 5.74) is 0.325. The molecule has 0 N–H and O–H groups in total. The molecule has 0 aliphatic rings. The Morgan fingerprint density at radius 1 is 1.50 bits per heavy atom. The number of nitriles is 1. The monoisotopic (exact) mass is 169 g/mol. The Morgan fingerprint density at radius 3 is 2.70 bits per heavy atom. The van der Waals surface area contributed by atoms with Gasteiger partial charge in [0, 0.05) is 0 Å². The van der Waals surface area contributed by atoms with E-state index in [1.54, 1.807) is 0 Å². The Hall–Kier alpha value is -0.730. The van der Waals surface area contributed by atoms with Crippen molar-refractivity contribution in [2.75, 3.05) is 0 Å². The minimum atomic E-state index is 0.325. The summed E-state index contributed by atoms with van der Waals surface area (Å²) in [6.45, 7) is 0. The van der Waals surface area contributed by atoms with Crippen LogP contribution in [0.1, 0.15) is 5.69 Å². The van der Waals surface area contributed by atoms with Crippen molar-refractivity contribution in [1.82, 2.24) is 9.97 Å². The zero-order chi connectivity index (χ0) is 7.40. The summed E-state index contributed by atoms with van der Waals surface area (Å²) in [6, 6.07) is 1.87. The first-order chi connectivity index (χ1) is 4.86. The van der Waals surface area contributed by atoms with Crippen LogP contribution in [0.4, 0.5) is 0 Å². The molecule has 0 unspecified atom stereocenters.